The van der Waals surface area contributed by atoms with E-state index in [1.807, 2.05) is 6.08 Å². The Kier molecular flexibility index (Phi) is 47.9. The Hall–Kier alpha value is -1.85. The second kappa shape index (κ2) is 50.7. The Balaban J connectivity index is 2.23. The van der Waals surface area contributed by atoms with Gasteiger partial charge in [-0.2, -0.15) is 0 Å². The number of amides is 1. The van der Waals surface area contributed by atoms with Gasteiger partial charge in [0, 0.05) is 6.42 Å². The van der Waals surface area contributed by atoms with E-state index in [9.17, 15) is 30.3 Å². The number of carbonyl (C=O) groups excluding carboxylic acids is 1. The molecule has 0 spiro atoms. The average Bonchev–Trinajstić information content (AvgIpc) is 3.36. The molecule has 0 radical (unpaired) electrons. The molecular formula is C61H113NO8. The van der Waals surface area contributed by atoms with Crippen molar-refractivity contribution < 1.29 is 39.8 Å². The van der Waals surface area contributed by atoms with E-state index >= 15 is 0 Å². The van der Waals surface area contributed by atoms with E-state index in [1.165, 1.54) is 212 Å². The molecule has 0 aliphatic carbocycles. The van der Waals surface area contributed by atoms with Gasteiger partial charge in [0.25, 0.3) is 0 Å². The molecule has 9 heteroatoms. The Labute approximate surface area is 431 Å². The summed E-state index contributed by atoms with van der Waals surface area (Å²) in [7, 11) is 0. The molecule has 1 fully saturated rings. The van der Waals surface area contributed by atoms with Crippen LogP contribution in [-0.4, -0.2) is 87.5 Å². The minimum Gasteiger partial charge on any atom is -0.394 e. The average molecular weight is 989 g/mol. The van der Waals surface area contributed by atoms with Crippen molar-refractivity contribution >= 4 is 5.91 Å². The van der Waals surface area contributed by atoms with Crippen molar-refractivity contribution in [2.75, 3.05) is 13.2 Å². The fourth-order valence-electron chi connectivity index (χ4n) is 9.36. The molecule has 1 aliphatic heterocycles. The van der Waals surface area contributed by atoms with Gasteiger partial charge in [0.15, 0.2) is 6.29 Å². The van der Waals surface area contributed by atoms with Crippen molar-refractivity contribution in [3.05, 3.63) is 48.6 Å². The number of hydrogen-bond donors (Lipinski definition) is 6. The first kappa shape index (κ1) is 66.2. The highest BCUT2D eigenvalue weighted by Gasteiger charge is 2.44. The maximum atomic E-state index is 13.1. The molecule has 70 heavy (non-hydrogen) atoms. The first-order chi connectivity index (χ1) is 34.3. The second-order valence-electron chi connectivity index (χ2n) is 20.8. The van der Waals surface area contributed by atoms with Crippen molar-refractivity contribution in [1.29, 1.82) is 0 Å². The van der Waals surface area contributed by atoms with Crippen LogP contribution in [0.15, 0.2) is 48.6 Å². The van der Waals surface area contributed by atoms with Gasteiger partial charge in [-0.15, -0.1) is 0 Å². The molecule has 410 valence electrons. The summed E-state index contributed by atoms with van der Waals surface area (Å²) in [5.74, 6) is -0.189. The SMILES string of the molecule is CCCCCCCCCCCC/C=C/CC/C=C/CC/C=C/C(O)C(COC1OC(CO)C(O)C(O)C1O)NC(=O)CCCCCCCCCCCCC/C=C\CCCCCCCCCCCCCC. The molecule has 1 heterocycles. The van der Waals surface area contributed by atoms with Crippen LogP contribution in [0.2, 0.25) is 0 Å². The van der Waals surface area contributed by atoms with Crippen molar-refractivity contribution in [3.63, 3.8) is 0 Å². The lowest BCUT2D eigenvalue weighted by molar-refractivity contribution is -0.302. The molecule has 1 amide bonds. The quantitative estimate of drug-likeness (QED) is 0.0261. The van der Waals surface area contributed by atoms with E-state index in [-0.39, 0.29) is 12.5 Å². The molecule has 9 nitrogen and oxygen atoms in total. The lowest BCUT2D eigenvalue weighted by Crippen LogP contribution is -2.60. The predicted octanol–water partition coefficient (Wildman–Crippen LogP) is 14.9. The van der Waals surface area contributed by atoms with Gasteiger partial charge in [-0.25, -0.2) is 0 Å². The Bertz CT molecular complexity index is 1240. The van der Waals surface area contributed by atoms with Gasteiger partial charge in [0.2, 0.25) is 5.91 Å². The fraction of sp³-hybridized carbons (Fsp3) is 0.852. The van der Waals surface area contributed by atoms with Crippen molar-refractivity contribution in [2.24, 2.45) is 0 Å². The third-order valence-corrected chi connectivity index (χ3v) is 14.1. The summed E-state index contributed by atoms with van der Waals surface area (Å²) in [5, 5.41) is 54.5. The van der Waals surface area contributed by atoms with E-state index in [0.29, 0.717) is 6.42 Å². The number of aliphatic hydroxyl groups is 5. The molecule has 7 unspecified atom stereocenters. The van der Waals surface area contributed by atoms with Crippen molar-refractivity contribution in [3.8, 4) is 0 Å². The molecule has 0 aromatic carbocycles. The largest absolute Gasteiger partial charge is 0.394 e. The van der Waals surface area contributed by atoms with Gasteiger partial charge in [-0.1, -0.05) is 249 Å². The van der Waals surface area contributed by atoms with Gasteiger partial charge < -0.3 is 40.3 Å². The molecule has 1 saturated heterocycles. The topological polar surface area (TPSA) is 149 Å². The summed E-state index contributed by atoms with van der Waals surface area (Å²) in [6, 6.07) is -0.829. The number of hydrogen-bond acceptors (Lipinski definition) is 8. The number of carbonyl (C=O) groups is 1. The van der Waals surface area contributed by atoms with Gasteiger partial charge in [-0.3, -0.25) is 4.79 Å². The smallest absolute Gasteiger partial charge is 0.220 e. The number of rotatable bonds is 51. The molecule has 0 bridgehead atoms. The molecule has 6 N–H and O–H groups in total. The maximum Gasteiger partial charge on any atom is 0.220 e. The lowest BCUT2D eigenvalue weighted by atomic mass is 9.99. The standard InChI is InChI=1S/C61H113NO8/c1-3-5-7-9-11-13-15-17-19-21-23-25-26-27-28-29-30-31-33-35-37-39-41-43-45-47-49-51-57(65)62-54(53-69-61-60(68)59(67)58(66)56(52-63)70-61)55(64)50-48-46-44-42-40-38-36-34-32-24-22-20-18-16-14-12-10-8-6-4-2/h27-28,32,34,40,42,48,50,54-56,58-61,63-64,66-68H,3-26,29-31,33,35-39,41,43-47,49,51-53H2,1-2H3,(H,62,65)/b28-27-,34-32+,42-40+,50-48+. The van der Waals surface area contributed by atoms with E-state index in [2.05, 4.69) is 55.6 Å². The molecule has 0 aromatic rings. The van der Waals surface area contributed by atoms with Crippen LogP contribution in [0, 0.1) is 0 Å². The van der Waals surface area contributed by atoms with E-state index in [4.69, 9.17) is 9.47 Å². The summed E-state index contributed by atoms with van der Waals surface area (Å²) in [4.78, 5) is 13.1. The highest BCUT2D eigenvalue weighted by molar-refractivity contribution is 5.76. The summed E-state index contributed by atoms with van der Waals surface area (Å²) in [6.45, 7) is 3.78. The second-order valence-corrected chi connectivity index (χ2v) is 20.8. The summed E-state index contributed by atoms with van der Waals surface area (Å²) in [6.07, 6.45) is 60.4. The van der Waals surface area contributed by atoms with E-state index in [0.717, 1.165) is 44.9 Å². The maximum absolute atomic E-state index is 13.1. The highest BCUT2D eigenvalue weighted by Crippen LogP contribution is 2.23. The minimum absolute atomic E-state index is 0.189. The number of unbranched alkanes of at least 4 members (excludes halogenated alkanes) is 35. The van der Waals surface area contributed by atoms with Crippen LogP contribution in [0.4, 0.5) is 0 Å². The molecule has 1 rings (SSSR count). The number of ether oxygens (including phenoxy) is 2. The summed E-state index contributed by atoms with van der Waals surface area (Å²) >= 11 is 0. The fourth-order valence-corrected chi connectivity index (χ4v) is 9.36. The van der Waals surface area contributed by atoms with Crippen LogP contribution >= 0.6 is 0 Å². The van der Waals surface area contributed by atoms with Crippen molar-refractivity contribution in [2.45, 2.75) is 320 Å². The number of nitrogens with one attached hydrogen (secondary N) is 1. The number of allylic oxidation sites excluding steroid dienone is 7. The lowest BCUT2D eigenvalue weighted by Gasteiger charge is -2.40. The summed E-state index contributed by atoms with van der Waals surface area (Å²) in [5.41, 5.74) is 0. The van der Waals surface area contributed by atoms with E-state index in [1.54, 1.807) is 6.08 Å². The third-order valence-electron chi connectivity index (χ3n) is 14.1. The zero-order valence-electron chi connectivity index (χ0n) is 45.5. The van der Waals surface area contributed by atoms with Gasteiger partial charge >= 0.3 is 0 Å². The predicted molar refractivity (Wildman–Crippen MR) is 295 cm³/mol. The first-order valence-corrected chi connectivity index (χ1v) is 29.9. The molecule has 1 aliphatic rings. The van der Waals surface area contributed by atoms with Crippen LogP contribution in [0.1, 0.15) is 277 Å². The molecule has 0 aromatic heterocycles. The molecule has 0 saturated carbocycles. The number of aliphatic hydroxyl groups excluding tert-OH is 5. The van der Waals surface area contributed by atoms with Gasteiger partial charge in [-0.05, 0) is 70.6 Å². The first-order valence-electron chi connectivity index (χ1n) is 29.9. The zero-order chi connectivity index (χ0) is 50.8. The van der Waals surface area contributed by atoms with E-state index < -0.39 is 49.5 Å². The van der Waals surface area contributed by atoms with Crippen molar-refractivity contribution in [1.82, 2.24) is 5.32 Å². The Morgan fingerprint density at radius 1 is 0.471 bits per heavy atom. The van der Waals surface area contributed by atoms with Crippen LogP contribution in [-0.2, 0) is 14.3 Å². The monoisotopic (exact) mass is 988 g/mol. The van der Waals surface area contributed by atoms with Crippen LogP contribution < -0.4 is 5.32 Å². The summed E-state index contributed by atoms with van der Waals surface area (Å²) < 4.78 is 11.3. The van der Waals surface area contributed by atoms with Crippen LogP contribution in [0.25, 0.3) is 0 Å². The van der Waals surface area contributed by atoms with Gasteiger partial charge in [0.1, 0.15) is 24.4 Å². The molecular weight excluding hydrogens is 875 g/mol. The van der Waals surface area contributed by atoms with Crippen LogP contribution in [0.3, 0.4) is 0 Å². The Morgan fingerprint density at radius 2 is 0.814 bits per heavy atom. The van der Waals surface area contributed by atoms with Crippen LogP contribution in [0.5, 0.6) is 0 Å². The zero-order valence-corrected chi connectivity index (χ0v) is 45.5. The molecule has 7 atom stereocenters. The minimum atomic E-state index is -1.58. The van der Waals surface area contributed by atoms with Gasteiger partial charge in [0.05, 0.1) is 25.4 Å². The highest BCUT2D eigenvalue weighted by atomic mass is 16.7. The normalized spacial score (nSPS) is 19.7. The Morgan fingerprint density at radius 3 is 1.20 bits per heavy atom. The third kappa shape index (κ3) is 39.7.